The molecule has 0 spiro atoms. The number of primary amides is 1. The van der Waals surface area contributed by atoms with Gasteiger partial charge in [-0.25, -0.2) is 4.79 Å². The number of likely N-dealkylation sites (N-methyl/N-ethyl adjacent to an activating group) is 1. The number of imide groups is 1. The number of hydrogen-bond acceptors (Lipinski definition) is 10. The zero-order valence-corrected chi connectivity index (χ0v) is 18.9. The van der Waals surface area contributed by atoms with E-state index in [1.807, 2.05) is 0 Å². The van der Waals surface area contributed by atoms with Crippen LogP contribution < -0.4 is 27.0 Å². The fraction of sp³-hybridized carbons (Fsp3) is 0.700. The van der Waals surface area contributed by atoms with E-state index in [1.165, 1.54) is 0 Å². The maximum absolute atomic E-state index is 11.8. The molecule has 186 valence electrons. The molecule has 0 radical (unpaired) electrons. The number of nitrogens with two attached hydrogens (primary N) is 1. The average molecular weight is 471 g/mol. The van der Waals surface area contributed by atoms with Gasteiger partial charge in [-0.2, -0.15) is 0 Å². The van der Waals surface area contributed by atoms with Crippen LogP contribution in [0, 0.1) is 0 Å². The van der Waals surface area contributed by atoms with E-state index in [-0.39, 0.29) is 62.9 Å². The number of nitrogens with one attached hydrogen (secondary N) is 4. The highest BCUT2D eigenvalue weighted by Crippen LogP contribution is 2.13. The van der Waals surface area contributed by atoms with Gasteiger partial charge in [-0.05, 0) is 32.9 Å². The molecule has 1 aliphatic heterocycles. The second-order valence-electron chi connectivity index (χ2n) is 7.56. The molecule has 6 N–H and O–H groups in total. The van der Waals surface area contributed by atoms with Crippen LogP contribution in [-0.4, -0.2) is 79.8 Å². The third kappa shape index (κ3) is 12.1. The number of unbranched alkanes of at least 4 members (excludes halogenated alkanes) is 1. The van der Waals surface area contributed by atoms with Gasteiger partial charge in [0, 0.05) is 32.4 Å². The molecular weight excluding hydrogens is 436 g/mol. The maximum Gasteiger partial charge on any atom is 0.333 e. The van der Waals surface area contributed by atoms with Crippen LogP contribution in [0.15, 0.2) is 0 Å². The van der Waals surface area contributed by atoms with Crippen LogP contribution in [0.1, 0.15) is 51.4 Å². The first-order valence-corrected chi connectivity index (χ1v) is 11.0. The molecule has 1 fully saturated rings. The van der Waals surface area contributed by atoms with E-state index in [9.17, 15) is 28.8 Å². The molecule has 0 aromatic heterocycles. The molecule has 1 heterocycles. The van der Waals surface area contributed by atoms with Crippen LogP contribution >= 0.6 is 0 Å². The number of carbonyl (C=O) groups excluding carboxylic acids is 6. The summed E-state index contributed by atoms with van der Waals surface area (Å²) in [6.45, 7) is 1.09. The summed E-state index contributed by atoms with van der Waals surface area (Å²) in [5, 5.41) is 11.8. The Kier molecular flexibility index (Phi) is 13.5. The van der Waals surface area contributed by atoms with Crippen LogP contribution in [0.2, 0.25) is 0 Å². The van der Waals surface area contributed by atoms with Crippen LogP contribution in [0.5, 0.6) is 0 Å². The standard InChI is InChI=1S/C20H34N6O7/c1-22-15(20(21)32)5-2-3-10-23-13-24-11-14(27)12-25-16(28)6-4-7-19(31)33-26-17(29)8-9-18(26)30/h15,22-24H,2-13H2,1H3,(H2,21,32)(H,25,28)/t15-/m0/s1. The van der Waals surface area contributed by atoms with Crippen LogP contribution in [0.4, 0.5) is 0 Å². The largest absolute Gasteiger partial charge is 0.368 e. The quantitative estimate of drug-likeness (QED) is 0.0837. The molecule has 0 bridgehead atoms. The van der Waals surface area contributed by atoms with Gasteiger partial charge in [0.1, 0.15) is 0 Å². The molecular formula is C20H34N6O7. The molecule has 1 aliphatic rings. The minimum atomic E-state index is -0.770. The first-order chi connectivity index (χ1) is 15.7. The Morgan fingerprint density at radius 3 is 2.33 bits per heavy atom. The SMILES string of the molecule is CN[C@@H](CCCCNCNCC(=O)CNC(=O)CCCC(=O)ON1C(=O)CCC1=O)C(N)=O. The van der Waals surface area contributed by atoms with Gasteiger partial charge in [-0.3, -0.25) is 29.3 Å². The van der Waals surface area contributed by atoms with Crippen molar-refractivity contribution in [2.45, 2.75) is 57.4 Å². The van der Waals surface area contributed by atoms with Crippen molar-refractivity contribution in [1.29, 1.82) is 0 Å². The number of amides is 4. The number of nitrogens with zero attached hydrogens (tertiary/aromatic N) is 1. The molecule has 1 rings (SSSR count). The maximum atomic E-state index is 11.8. The fourth-order valence-electron chi connectivity index (χ4n) is 2.95. The lowest BCUT2D eigenvalue weighted by molar-refractivity contribution is -0.197. The van der Waals surface area contributed by atoms with Gasteiger partial charge in [0.05, 0.1) is 19.1 Å². The molecule has 13 nitrogen and oxygen atoms in total. The lowest BCUT2D eigenvalue weighted by Crippen LogP contribution is -2.39. The summed E-state index contributed by atoms with van der Waals surface area (Å²) >= 11 is 0. The molecule has 4 amide bonds. The molecule has 1 saturated heterocycles. The molecule has 33 heavy (non-hydrogen) atoms. The monoisotopic (exact) mass is 470 g/mol. The smallest absolute Gasteiger partial charge is 0.333 e. The van der Waals surface area contributed by atoms with Crippen molar-refractivity contribution in [3.8, 4) is 0 Å². The van der Waals surface area contributed by atoms with E-state index in [2.05, 4.69) is 21.3 Å². The number of ketones is 1. The Morgan fingerprint density at radius 1 is 1.00 bits per heavy atom. The Bertz CT molecular complexity index is 699. The second kappa shape index (κ2) is 15.8. The van der Waals surface area contributed by atoms with Gasteiger partial charge in [0.15, 0.2) is 5.78 Å². The minimum Gasteiger partial charge on any atom is -0.368 e. The first kappa shape index (κ1) is 28.1. The zero-order chi connectivity index (χ0) is 24.6. The predicted octanol–water partition coefficient (Wildman–Crippen LogP) is -2.17. The van der Waals surface area contributed by atoms with Crippen LogP contribution in [0.25, 0.3) is 0 Å². The van der Waals surface area contributed by atoms with Crippen molar-refractivity contribution in [2.75, 3.05) is 33.4 Å². The summed E-state index contributed by atoms with van der Waals surface area (Å²) in [5.41, 5.74) is 5.24. The summed E-state index contributed by atoms with van der Waals surface area (Å²) in [6.07, 6.45) is 2.41. The third-order valence-electron chi connectivity index (χ3n) is 4.83. The minimum absolute atomic E-state index is 0.00339. The van der Waals surface area contributed by atoms with E-state index in [0.29, 0.717) is 18.2 Å². The van der Waals surface area contributed by atoms with Gasteiger partial charge in [-0.1, -0.05) is 6.42 Å². The van der Waals surface area contributed by atoms with Crippen molar-refractivity contribution >= 4 is 35.4 Å². The Hall–Kier alpha value is -2.90. The predicted molar refractivity (Wildman–Crippen MR) is 116 cm³/mol. The number of rotatable bonds is 18. The molecule has 0 unspecified atom stereocenters. The normalized spacial score (nSPS) is 14.3. The molecule has 0 aromatic rings. The summed E-state index contributed by atoms with van der Waals surface area (Å²) in [6, 6.07) is -0.323. The fourth-order valence-corrected chi connectivity index (χ4v) is 2.95. The van der Waals surface area contributed by atoms with Crippen molar-refractivity contribution < 1.29 is 33.6 Å². The van der Waals surface area contributed by atoms with Gasteiger partial charge < -0.3 is 26.5 Å². The first-order valence-electron chi connectivity index (χ1n) is 11.0. The van der Waals surface area contributed by atoms with Gasteiger partial charge >= 0.3 is 5.97 Å². The molecule has 0 saturated carbocycles. The van der Waals surface area contributed by atoms with E-state index >= 15 is 0 Å². The van der Waals surface area contributed by atoms with E-state index < -0.39 is 23.7 Å². The Balaban J connectivity index is 1.99. The summed E-state index contributed by atoms with van der Waals surface area (Å²) in [4.78, 5) is 73.7. The molecule has 0 aliphatic carbocycles. The van der Waals surface area contributed by atoms with Crippen molar-refractivity contribution in [3.05, 3.63) is 0 Å². The topological polar surface area (TPSA) is 189 Å². The van der Waals surface area contributed by atoms with E-state index in [0.717, 1.165) is 19.4 Å². The number of hydrogen-bond donors (Lipinski definition) is 5. The highest BCUT2D eigenvalue weighted by atomic mass is 16.7. The van der Waals surface area contributed by atoms with Crippen molar-refractivity contribution in [2.24, 2.45) is 5.73 Å². The summed E-state index contributed by atoms with van der Waals surface area (Å²) < 4.78 is 0. The average Bonchev–Trinajstić information content (AvgIpc) is 3.08. The lowest BCUT2D eigenvalue weighted by Gasteiger charge is -2.12. The molecule has 1 atom stereocenters. The number of hydroxylamine groups is 2. The summed E-state index contributed by atoms with van der Waals surface area (Å²) in [7, 11) is 1.69. The molecule has 13 heteroatoms. The number of carbonyl (C=O) groups is 6. The lowest BCUT2D eigenvalue weighted by atomic mass is 10.1. The highest BCUT2D eigenvalue weighted by Gasteiger charge is 2.32. The van der Waals surface area contributed by atoms with Gasteiger partial charge in [0.25, 0.3) is 11.8 Å². The third-order valence-corrected chi connectivity index (χ3v) is 4.83. The van der Waals surface area contributed by atoms with Crippen LogP contribution in [0.3, 0.4) is 0 Å². The Morgan fingerprint density at radius 2 is 1.70 bits per heavy atom. The van der Waals surface area contributed by atoms with E-state index in [4.69, 9.17) is 10.6 Å². The van der Waals surface area contributed by atoms with Crippen LogP contribution in [-0.2, 0) is 33.6 Å². The zero-order valence-electron chi connectivity index (χ0n) is 18.9. The van der Waals surface area contributed by atoms with Crippen molar-refractivity contribution in [3.63, 3.8) is 0 Å². The van der Waals surface area contributed by atoms with Crippen molar-refractivity contribution in [1.82, 2.24) is 26.3 Å². The van der Waals surface area contributed by atoms with E-state index in [1.54, 1.807) is 7.05 Å². The van der Waals surface area contributed by atoms with Gasteiger partial charge in [0.2, 0.25) is 11.8 Å². The second-order valence-corrected chi connectivity index (χ2v) is 7.56. The Labute approximate surface area is 192 Å². The number of Topliss-reactive ketones (excluding diaryl/α,β-unsaturated/α-hetero) is 1. The molecule has 0 aromatic carbocycles. The van der Waals surface area contributed by atoms with Gasteiger partial charge in [-0.15, -0.1) is 5.06 Å². The summed E-state index contributed by atoms with van der Waals surface area (Å²) in [5.74, 6) is -2.85. The highest BCUT2D eigenvalue weighted by molar-refractivity contribution is 6.01.